The van der Waals surface area contributed by atoms with Crippen LogP contribution in [0.4, 0.5) is 0 Å². The number of halogens is 1. The van der Waals surface area contributed by atoms with Crippen LogP contribution in [0.15, 0.2) is 18.2 Å². The van der Waals surface area contributed by atoms with Crippen LogP contribution < -0.4 is 0 Å². The third-order valence-corrected chi connectivity index (χ3v) is 4.12. The Morgan fingerprint density at radius 2 is 2.28 bits per heavy atom. The van der Waals surface area contributed by atoms with Gasteiger partial charge in [-0.05, 0) is 31.9 Å². The maximum absolute atomic E-state index is 12.3. The molecule has 2 unspecified atom stereocenters. The Morgan fingerprint density at radius 3 is 2.89 bits per heavy atom. The van der Waals surface area contributed by atoms with E-state index in [1.165, 1.54) is 0 Å². The third-order valence-electron chi connectivity index (χ3n) is 3.62. The predicted molar refractivity (Wildman–Crippen MR) is 71.9 cm³/mol. The number of carbonyl (C=O) groups is 1. The van der Waals surface area contributed by atoms with Crippen molar-refractivity contribution in [1.29, 1.82) is 0 Å². The van der Waals surface area contributed by atoms with Crippen molar-refractivity contribution in [2.75, 3.05) is 13.1 Å². The fourth-order valence-corrected chi connectivity index (χ4v) is 2.56. The summed E-state index contributed by atoms with van der Waals surface area (Å²) in [7, 11) is 0. The highest BCUT2D eigenvalue weighted by molar-refractivity contribution is 6.34. The SMILES string of the molecule is Cc1cccc(C(=O)N2CCC(C(C)O)C2)c1Cl. The lowest BCUT2D eigenvalue weighted by Crippen LogP contribution is -2.30. The second-order valence-electron chi connectivity index (χ2n) is 4.98. The molecule has 0 spiro atoms. The van der Waals surface area contributed by atoms with Crippen molar-refractivity contribution in [2.45, 2.75) is 26.4 Å². The maximum Gasteiger partial charge on any atom is 0.255 e. The topological polar surface area (TPSA) is 40.5 Å². The summed E-state index contributed by atoms with van der Waals surface area (Å²) in [5, 5.41) is 10.1. The lowest BCUT2D eigenvalue weighted by Gasteiger charge is -2.18. The van der Waals surface area contributed by atoms with Crippen molar-refractivity contribution in [2.24, 2.45) is 5.92 Å². The van der Waals surface area contributed by atoms with Crippen molar-refractivity contribution in [1.82, 2.24) is 4.90 Å². The molecule has 0 bridgehead atoms. The van der Waals surface area contributed by atoms with Gasteiger partial charge in [-0.25, -0.2) is 0 Å². The first kappa shape index (κ1) is 13.4. The van der Waals surface area contributed by atoms with Crippen molar-refractivity contribution in [3.05, 3.63) is 34.3 Å². The van der Waals surface area contributed by atoms with Gasteiger partial charge in [0.15, 0.2) is 0 Å². The molecule has 1 aromatic carbocycles. The van der Waals surface area contributed by atoms with Crippen molar-refractivity contribution in [3.63, 3.8) is 0 Å². The Bertz CT molecular complexity index is 459. The monoisotopic (exact) mass is 267 g/mol. The summed E-state index contributed by atoms with van der Waals surface area (Å²) in [5.74, 6) is 0.143. The lowest BCUT2D eigenvalue weighted by atomic mass is 10.0. The van der Waals surface area contributed by atoms with E-state index in [4.69, 9.17) is 11.6 Å². The van der Waals surface area contributed by atoms with Crippen molar-refractivity contribution < 1.29 is 9.90 Å². The minimum atomic E-state index is -0.365. The van der Waals surface area contributed by atoms with Crippen LogP contribution in [0.2, 0.25) is 5.02 Å². The van der Waals surface area contributed by atoms with E-state index in [-0.39, 0.29) is 17.9 Å². The fourth-order valence-electron chi connectivity index (χ4n) is 2.35. The number of hydrogen-bond acceptors (Lipinski definition) is 2. The quantitative estimate of drug-likeness (QED) is 0.894. The minimum Gasteiger partial charge on any atom is -0.393 e. The highest BCUT2D eigenvalue weighted by atomic mass is 35.5. The number of nitrogens with zero attached hydrogens (tertiary/aromatic N) is 1. The first-order valence-electron chi connectivity index (χ1n) is 6.23. The predicted octanol–water partition coefficient (Wildman–Crippen LogP) is 2.49. The van der Waals surface area contributed by atoms with Crippen LogP contribution in [0, 0.1) is 12.8 Å². The Hall–Kier alpha value is -1.06. The van der Waals surface area contributed by atoms with Gasteiger partial charge in [-0.15, -0.1) is 0 Å². The Morgan fingerprint density at radius 1 is 1.56 bits per heavy atom. The largest absolute Gasteiger partial charge is 0.393 e. The summed E-state index contributed by atoms with van der Waals surface area (Å²) in [6, 6.07) is 5.49. The molecule has 18 heavy (non-hydrogen) atoms. The van der Waals surface area contributed by atoms with Crippen molar-refractivity contribution in [3.8, 4) is 0 Å². The Balaban J connectivity index is 2.16. The van der Waals surface area contributed by atoms with Crippen LogP contribution in [-0.2, 0) is 0 Å². The average molecular weight is 268 g/mol. The van der Waals surface area contributed by atoms with Gasteiger partial charge in [0.25, 0.3) is 5.91 Å². The Labute approximate surface area is 112 Å². The molecule has 1 aromatic rings. The van der Waals surface area contributed by atoms with Gasteiger partial charge >= 0.3 is 0 Å². The molecule has 1 aliphatic rings. The van der Waals surface area contributed by atoms with Crippen LogP contribution in [0.25, 0.3) is 0 Å². The van der Waals surface area contributed by atoms with Crippen LogP contribution in [0.5, 0.6) is 0 Å². The molecular weight excluding hydrogens is 250 g/mol. The number of rotatable bonds is 2. The minimum absolute atomic E-state index is 0.0353. The first-order valence-corrected chi connectivity index (χ1v) is 6.61. The van der Waals surface area contributed by atoms with E-state index < -0.39 is 0 Å². The lowest BCUT2D eigenvalue weighted by molar-refractivity contribution is 0.0762. The molecule has 3 nitrogen and oxygen atoms in total. The maximum atomic E-state index is 12.3. The van der Waals surface area contributed by atoms with E-state index in [2.05, 4.69) is 0 Å². The van der Waals surface area contributed by atoms with Gasteiger partial charge in [0.05, 0.1) is 16.7 Å². The zero-order valence-electron chi connectivity index (χ0n) is 10.7. The average Bonchev–Trinajstić information content (AvgIpc) is 2.81. The second kappa shape index (κ2) is 5.29. The number of likely N-dealkylation sites (tertiary alicyclic amines) is 1. The Kier molecular flexibility index (Phi) is 3.93. The summed E-state index contributed by atoms with van der Waals surface area (Å²) >= 11 is 6.17. The van der Waals surface area contributed by atoms with Crippen LogP contribution in [0.1, 0.15) is 29.3 Å². The van der Waals surface area contributed by atoms with E-state index in [1.54, 1.807) is 17.9 Å². The van der Waals surface area contributed by atoms with Gasteiger partial charge in [-0.3, -0.25) is 4.79 Å². The van der Waals surface area contributed by atoms with Crippen LogP contribution in [-0.4, -0.2) is 35.1 Å². The number of hydrogen-bond donors (Lipinski definition) is 1. The van der Waals surface area contributed by atoms with Gasteiger partial charge in [0.1, 0.15) is 0 Å². The summed E-state index contributed by atoms with van der Waals surface area (Å²) in [6.07, 6.45) is 0.489. The molecule has 0 radical (unpaired) electrons. The number of amides is 1. The van der Waals surface area contributed by atoms with E-state index >= 15 is 0 Å². The van der Waals surface area contributed by atoms with Gasteiger partial charge < -0.3 is 10.0 Å². The molecule has 4 heteroatoms. The third kappa shape index (κ3) is 2.52. The molecule has 0 aromatic heterocycles. The second-order valence-corrected chi connectivity index (χ2v) is 5.35. The van der Waals surface area contributed by atoms with Crippen LogP contribution >= 0.6 is 11.6 Å². The van der Waals surface area contributed by atoms with Gasteiger partial charge in [-0.1, -0.05) is 23.7 Å². The zero-order chi connectivity index (χ0) is 13.3. The number of carbonyl (C=O) groups excluding carboxylic acids is 1. The van der Waals surface area contributed by atoms with Crippen LogP contribution in [0.3, 0.4) is 0 Å². The number of aryl methyl sites for hydroxylation is 1. The van der Waals surface area contributed by atoms with Gasteiger partial charge in [-0.2, -0.15) is 0 Å². The highest BCUT2D eigenvalue weighted by Crippen LogP contribution is 2.26. The summed E-state index contributed by atoms with van der Waals surface area (Å²) in [6.45, 7) is 4.97. The molecule has 2 atom stereocenters. The number of aliphatic hydroxyl groups excluding tert-OH is 1. The molecule has 1 N–H and O–H groups in total. The summed E-state index contributed by atoms with van der Waals surface area (Å²) < 4.78 is 0. The van der Waals surface area contributed by atoms with E-state index in [1.807, 2.05) is 19.1 Å². The molecule has 2 rings (SSSR count). The smallest absolute Gasteiger partial charge is 0.255 e. The van der Waals surface area contributed by atoms with Crippen molar-refractivity contribution >= 4 is 17.5 Å². The van der Waals surface area contributed by atoms with E-state index in [0.717, 1.165) is 12.0 Å². The molecule has 98 valence electrons. The zero-order valence-corrected chi connectivity index (χ0v) is 11.4. The summed E-state index contributed by atoms with van der Waals surface area (Å²) in [4.78, 5) is 14.1. The number of aliphatic hydroxyl groups is 1. The van der Waals surface area contributed by atoms with E-state index in [0.29, 0.717) is 23.7 Å². The van der Waals surface area contributed by atoms with Gasteiger partial charge in [0.2, 0.25) is 0 Å². The molecule has 0 aliphatic carbocycles. The molecule has 1 aliphatic heterocycles. The molecule has 1 fully saturated rings. The number of benzene rings is 1. The fraction of sp³-hybridized carbons (Fsp3) is 0.500. The molecule has 0 saturated carbocycles. The van der Waals surface area contributed by atoms with Gasteiger partial charge in [0, 0.05) is 19.0 Å². The molecule has 1 saturated heterocycles. The molecule has 1 heterocycles. The highest BCUT2D eigenvalue weighted by Gasteiger charge is 2.30. The normalized spacial score (nSPS) is 21.1. The first-order chi connectivity index (χ1) is 8.50. The summed E-state index contributed by atoms with van der Waals surface area (Å²) in [5.41, 5.74) is 1.47. The molecular formula is C14H18ClNO2. The molecule has 1 amide bonds. The standard InChI is InChI=1S/C14H18ClNO2/c1-9-4-3-5-12(13(9)15)14(18)16-7-6-11(8-16)10(2)17/h3-5,10-11,17H,6-8H2,1-2H3. The van der Waals surface area contributed by atoms with E-state index in [9.17, 15) is 9.90 Å².